The van der Waals surface area contributed by atoms with Gasteiger partial charge >= 0.3 is 5.97 Å². The van der Waals surface area contributed by atoms with Crippen LogP contribution in [0, 0.1) is 0 Å². The molecule has 1 amide bonds. The number of rotatable bonds is 3. The van der Waals surface area contributed by atoms with Gasteiger partial charge in [0.1, 0.15) is 0 Å². The molecule has 4 heteroatoms. The van der Waals surface area contributed by atoms with Crippen LogP contribution >= 0.6 is 0 Å². The van der Waals surface area contributed by atoms with E-state index in [1.165, 1.54) is 0 Å². The maximum Gasteiger partial charge on any atom is 0.303 e. The predicted molar refractivity (Wildman–Crippen MR) is 47.3 cm³/mol. The minimum absolute atomic E-state index is 0.0629. The van der Waals surface area contributed by atoms with Gasteiger partial charge in [-0.3, -0.25) is 9.59 Å². The van der Waals surface area contributed by atoms with Gasteiger partial charge in [0.15, 0.2) is 0 Å². The molecule has 1 aliphatic heterocycles. The standard InChI is InChI=1S/C9H15NO3/c1-7(11)10-6-2-3-8(10)4-5-9(12)13/h8H,2-6H2,1H3,(H,12,13). The summed E-state index contributed by atoms with van der Waals surface area (Å²) in [5.41, 5.74) is 0. The van der Waals surface area contributed by atoms with E-state index < -0.39 is 5.97 Å². The number of aliphatic carboxylic acids is 1. The topological polar surface area (TPSA) is 57.6 Å². The zero-order chi connectivity index (χ0) is 9.84. The Morgan fingerprint density at radius 3 is 2.77 bits per heavy atom. The van der Waals surface area contributed by atoms with Gasteiger partial charge in [-0.1, -0.05) is 0 Å². The normalized spacial score (nSPS) is 21.9. The SMILES string of the molecule is CC(=O)N1CCCC1CCC(=O)O. The first-order chi connectivity index (χ1) is 6.11. The molecular weight excluding hydrogens is 170 g/mol. The van der Waals surface area contributed by atoms with Crippen molar-refractivity contribution >= 4 is 11.9 Å². The summed E-state index contributed by atoms with van der Waals surface area (Å²) < 4.78 is 0. The molecule has 1 rings (SSSR count). The molecule has 1 aliphatic rings. The third kappa shape index (κ3) is 2.72. The Bertz CT molecular complexity index is 215. The average Bonchev–Trinajstić information content (AvgIpc) is 2.47. The minimum Gasteiger partial charge on any atom is -0.481 e. The van der Waals surface area contributed by atoms with Crippen LogP contribution in [0.3, 0.4) is 0 Å². The second kappa shape index (κ2) is 4.25. The lowest BCUT2D eigenvalue weighted by Gasteiger charge is -2.22. The predicted octanol–water partition coefficient (Wildman–Crippen LogP) is 0.862. The molecule has 1 unspecified atom stereocenters. The first-order valence-electron chi connectivity index (χ1n) is 4.60. The Balaban J connectivity index is 2.39. The van der Waals surface area contributed by atoms with E-state index in [4.69, 9.17) is 5.11 Å². The smallest absolute Gasteiger partial charge is 0.303 e. The van der Waals surface area contributed by atoms with E-state index in [1.807, 2.05) is 0 Å². The molecule has 0 aromatic carbocycles. The maximum absolute atomic E-state index is 11.1. The highest BCUT2D eigenvalue weighted by Crippen LogP contribution is 2.21. The fraction of sp³-hybridized carbons (Fsp3) is 0.778. The van der Waals surface area contributed by atoms with Crippen molar-refractivity contribution in [3.05, 3.63) is 0 Å². The first-order valence-corrected chi connectivity index (χ1v) is 4.60. The molecule has 1 fully saturated rings. The summed E-state index contributed by atoms with van der Waals surface area (Å²) in [6.07, 6.45) is 2.71. The van der Waals surface area contributed by atoms with Crippen LogP contribution in [0.25, 0.3) is 0 Å². The van der Waals surface area contributed by atoms with Gasteiger partial charge in [0.25, 0.3) is 0 Å². The zero-order valence-electron chi connectivity index (χ0n) is 7.82. The summed E-state index contributed by atoms with van der Waals surface area (Å²) >= 11 is 0. The number of carbonyl (C=O) groups is 2. The van der Waals surface area contributed by atoms with Crippen LogP contribution in [0.15, 0.2) is 0 Å². The Hall–Kier alpha value is -1.06. The molecule has 1 atom stereocenters. The fourth-order valence-electron chi connectivity index (χ4n) is 1.84. The number of hydrogen-bond acceptors (Lipinski definition) is 2. The summed E-state index contributed by atoms with van der Waals surface area (Å²) in [5.74, 6) is -0.719. The van der Waals surface area contributed by atoms with Crippen molar-refractivity contribution in [1.29, 1.82) is 0 Å². The van der Waals surface area contributed by atoms with E-state index in [0.29, 0.717) is 6.42 Å². The highest BCUT2D eigenvalue weighted by molar-refractivity contribution is 5.74. The Kier molecular flexibility index (Phi) is 3.28. The molecular formula is C9H15NO3. The largest absolute Gasteiger partial charge is 0.481 e. The fourth-order valence-corrected chi connectivity index (χ4v) is 1.84. The third-order valence-corrected chi connectivity index (χ3v) is 2.47. The molecule has 0 aromatic heterocycles. The molecule has 0 bridgehead atoms. The van der Waals surface area contributed by atoms with Crippen LogP contribution in [0.1, 0.15) is 32.6 Å². The van der Waals surface area contributed by atoms with E-state index in [2.05, 4.69) is 0 Å². The first kappa shape index (κ1) is 10.0. The number of carboxylic acid groups (broad SMARTS) is 1. The van der Waals surface area contributed by atoms with Gasteiger partial charge in [0.05, 0.1) is 0 Å². The van der Waals surface area contributed by atoms with Crippen molar-refractivity contribution in [3.8, 4) is 0 Å². The van der Waals surface area contributed by atoms with Crippen LogP contribution in [-0.2, 0) is 9.59 Å². The molecule has 0 aromatic rings. The number of hydrogen-bond donors (Lipinski definition) is 1. The summed E-state index contributed by atoms with van der Waals surface area (Å²) in [6.45, 7) is 2.33. The molecule has 74 valence electrons. The van der Waals surface area contributed by atoms with E-state index in [-0.39, 0.29) is 18.4 Å². The number of likely N-dealkylation sites (tertiary alicyclic amines) is 1. The van der Waals surface area contributed by atoms with E-state index >= 15 is 0 Å². The second-order valence-corrected chi connectivity index (χ2v) is 3.44. The van der Waals surface area contributed by atoms with Gasteiger partial charge in [0.2, 0.25) is 5.91 Å². The molecule has 1 saturated heterocycles. The number of carboxylic acids is 1. The van der Waals surface area contributed by atoms with Crippen LogP contribution in [0.5, 0.6) is 0 Å². The zero-order valence-corrected chi connectivity index (χ0v) is 7.82. The van der Waals surface area contributed by atoms with Crippen LogP contribution in [-0.4, -0.2) is 34.5 Å². The second-order valence-electron chi connectivity index (χ2n) is 3.44. The summed E-state index contributed by atoms with van der Waals surface area (Å²) in [6, 6.07) is 0.161. The third-order valence-electron chi connectivity index (χ3n) is 2.47. The Morgan fingerprint density at radius 2 is 2.23 bits per heavy atom. The molecule has 1 N–H and O–H groups in total. The minimum atomic E-state index is -0.782. The van der Waals surface area contributed by atoms with Crippen molar-refractivity contribution in [3.63, 3.8) is 0 Å². The van der Waals surface area contributed by atoms with Crippen molar-refractivity contribution < 1.29 is 14.7 Å². The lowest BCUT2D eigenvalue weighted by atomic mass is 10.1. The van der Waals surface area contributed by atoms with Gasteiger partial charge in [-0.05, 0) is 19.3 Å². The molecule has 4 nitrogen and oxygen atoms in total. The van der Waals surface area contributed by atoms with Gasteiger partial charge in [-0.2, -0.15) is 0 Å². The van der Waals surface area contributed by atoms with Gasteiger partial charge < -0.3 is 10.0 Å². The molecule has 13 heavy (non-hydrogen) atoms. The summed E-state index contributed by atoms with van der Waals surface area (Å²) in [7, 11) is 0. The molecule has 0 saturated carbocycles. The van der Waals surface area contributed by atoms with Crippen molar-refractivity contribution in [2.24, 2.45) is 0 Å². The van der Waals surface area contributed by atoms with Crippen molar-refractivity contribution in [2.75, 3.05) is 6.54 Å². The van der Waals surface area contributed by atoms with Gasteiger partial charge in [-0.15, -0.1) is 0 Å². The Labute approximate surface area is 77.5 Å². The lowest BCUT2D eigenvalue weighted by Crippen LogP contribution is -2.33. The van der Waals surface area contributed by atoms with Crippen molar-refractivity contribution in [2.45, 2.75) is 38.6 Å². The van der Waals surface area contributed by atoms with E-state index in [9.17, 15) is 9.59 Å². The van der Waals surface area contributed by atoms with Crippen LogP contribution in [0.2, 0.25) is 0 Å². The highest BCUT2D eigenvalue weighted by atomic mass is 16.4. The summed E-state index contributed by atoms with van der Waals surface area (Å²) in [4.78, 5) is 23.2. The van der Waals surface area contributed by atoms with Crippen molar-refractivity contribution in [1.82, 2.24) is 4.90 Å². The molecule has 1 heterocycles. The van der Waals surface area contributed by atoms with Crippen LogP contribution in [0.4, 0.5) is 0 Å². The maximum atomic E-state index is 11.1. The lowest BCUT2D eigenvalue weighted by molar-refractivity contribution is -0.138. The highest BCUT2D eigenvalue weighted by Gasteiger charge is 2.26. The van der Waals surface area contributed by atoms with Gasteiger partial charge in [-0.25, -0.2) is 0 Å². The van der Waals surface area contributed by atoms with Gasteiger partial charge in [0, 0.05) is 25.9 Å². The summed E-state index contributed by atoms with van der Waals surface area (Å²) in [5, 5.41) is 8.50. The Morgan fingerprint density at radius 1 is 1.54 bits per heavy atom. The average molecular weight is 185 g/mol. The monoisotopic (exact) mass is 185 g/mol. The van der Waals surface area contributed by atoms with E-state index in [1.54, 1.807) is 11.8 Å². The quantitative estimate of drug-likeness (QED) is 0.709. The molecule has 0 spiro atoms. The number of carbonyl (C=O) groups excluding carboxylic acids is 1. The van der Waals surface area contributed by atoms with Crippen LogP contribution < -0.4 is 0 Å². The number of amides is 1. The number of nitrogens with zero attached hydrogens (tertiary/aromatic N) is 1. The van der Waals surface area contributed by atoms with E-state index in [0.717, 1.165) is 19.4 Å². The molecule has 0 aliphatic carbocycles. The molecule has 0 radical (unpaired) electrons.